The van der Waals surface area contributed by atoms with E-state index in [4.69, 9.17) is 5.11 Å². The van der Waals surface area contributed by atoms with Gasteiger partial charge in [0.2, 0.25) is 0 Å². The minimum atomic E-state index is 0.0313. The van der Waals surface area contributed by atoms with Gasteiger partial charge in [-0.2, -0.15) is 0 Å². The van der Waals surface area contributed by atoms with E-state index in [2.05, 4.69) is 64.2 Å². The molecular weight excluding hydrogens is 210 g/mol. The van der Waals surface area contributed by atoms with Crippen LogP contribution in [0, 0.1) is 0 Å². The molecular formula is C15H25NO. The molecule has 0 radical (unpaired) electrons. The Morgan fingerprint density at radius 2 is 1.41 bits per heavy atom. The number of rotatable bonds is 4. The maximum Gasteiger partial charge on any atom is 0.0931 e. The largest absolute Gasteiger partial charge is 0.381 e. The summed E-state index contributed by atoms with van der Waals surface area (Å²) >= 11 is 0. The molecule has 1 rings (SSSR count). The second-order valence-electron chi connectivity index (χ2n) is 6.30. The molecule has 0 saturated heterocycles. The van der Waals surface area contributed by atoms with Crippen molar-refractivity contribution in [3.05, 3.63) is 35.4 Å². The summed E-state index contributed by atoms with van der Waals surface area (Å²) < 4.78 is 0. The molecule has 0 fully saturated rings. The van der Waals surface area contributed by atoms with Crippen LogP contribution in [0.1, 0.15) is 45.7 Å². The van der Waals surface area contributed by atoms with E-state index in [1.54, 1.807) is 0 Å². The minimum absolute atomic E-state index is 0.0313. The maximum atomic E-state index is 8.82. The van der Waals surface area contributed by atoms with Gasteiger partial charge in [0.05, 0.1) is 6.73 Å². The van der Waals surface area contributed by atoms with Gasteiger partial charge in [-0.1, -0.05) is 58.9 Å². The third-order valence-corrected chi connectivity index (χ3v) is 3.21. The summed E-state index contributed by atoms with van der Waals surface area (Å²) in [7, 11) is 0. The molecule has 0 aliphatic carbocycles. The van der Waals surface area contributed by atoms with Gasteiger partial charge >= 0.3 is 0 Å². The highest BCUT2D eigenvalue weighted by Gasteiger charge is 2.21. The summed E-state index contributed by atoms with van der Waals surface area (Å²) in [6.07, 6.45) is 0. The Morgan fingerprint density at radius 3 is 1.82 bits per heavy atom. The highest BCUT2D eigenvalue weighted by atomic mass is 16.3. The first-order valence-corrected chi connectivity index (χ1v) is 6.20. The molecule has 0 amide bonds. The Balaban J connectivity index is 2.87. The maximum absolute atomic E-state index is 8.82. The standard InChI is InChI=1S/C15H25NO/c1-14(2,3)12-6-8-13(9-7-12)15(4,5)10-16-11-17/h6-9,16-17H,10-11H2,1-5H3. The second kappa shape index (κ2) is 5.19. The van der Waals surface area contributed by atoms with Crippen LogP contribution in [0.3, 0.4) is 0 Å². The predicted octanol–water partition coefficient (Wildman–Crippen LogP) is 2.80. The normalized spacial score (nSPS) is 12.8. The van der Waals surface area contributed by atoms with Gasteiger partial charge in [-0.25, -0.2) is 0 Å². The van der Waals surface area contributed by atoms with E-state index in [9.17, 15) is 0 Å². The van der Waals surface area contributed by atoms with Crippen molar-refractivity contribution < 1.29 is 5.11 Å². The molecule has 0 aromatic heterocycles. The highest BCUT2D eigenvalue weighted by Crippen LogP contribution is 2.27. The fraction of sp³-hybridized carbons (Fsp3) is 0.600. The lowest BCUT2D eigenvalue weighted by Gasteiger charge is -2.27. The second-order valence-corrected chi connectivity index (χ2v) is 6.30. The molecule has 0 aliphatic heterocycles. The molecule has 0 bridgehead atoms. The zero-order chi connectivity index (χ0) is 13.1. The Hall–Kier alpha value is -0.860. The molecule has 2 N–H and O–H groups in total. The van der Waals surface area contributed by atoms with Crippen molar-refractivity contribution in [2.75, 3.05) is 13.3 Å². The summed E-state index contributed by atoms with van der Waals surface area (Å²) in [6.45, 7) is 11.8. The summed E-state index contributed by atoms with van der Waals surface area (Å²) in [5.74, 6) is 0. The zero-order valence-corrected chi connectivity index (χ0v) is 11.7. The Morgan fingerprint density at radius 1 is 0.941 bits per heavy atom. The Bertz CT molecular complexity index is 346. The third kappa shape index (κ3) is 3.83. The highest BCUT2D eigenvalue weighted by molar-refractivity contribution is 5.31. The molecule has 0 saturated carbocycles. The lowest BCUT2D eigenvalue weighted by molar-refractivity contribution is 0.247. The third-order valence-electron chi connectivity index (χ3n) is 3.21. The molecule has 0 aliphatic rings. The number of hydrogen-bond donors (Lipinski definition) is 2. The molecule has 0 heterocycles. The average Bonchev–Trinajstić information content (AvgIpc) is 2.25. The van der Waals surface area contributed by atoms with Gasteiger partial charge in [0.25, 0.3) is 0 Å². The van der Waals surface area contributed by atoms with Gasteiger partial charge in [-0.3, -0.25) is 5.32 Å². The van der Waals surface area contributed by atoms with E-state index in [1.165, 1.54) is 11.1 Å². The first-order chi connectivity index (χ1) is 7.77. The van der Waals surface area contributed by atoms with Gasteiger partial charge in [-0.15, -0.1) is 0 Å². The van der Waals surface area contributed by atoms with E-state index < -0.39 is 0 Å². The van der Waals surface area contributed by atoms with Crippen LogP contribution in [0.4, 0.5) is 0 Å². The fourth-order valence-electron chi connectivity index (χ4n) is 1.89. The monoisotopic (exact) mass is 235 g/mol. The van der Waals surface area contributed by atoms with Crippen molar-refractivity contribution in [2.24, 2.45) is 0 Å². The molecule has 0 atom stereocenters. The number of nitrogens with one attached hydrogen (secondary N) is 1. The summed E-state index contributed by atoms with van der Waals surface area (Å²) in [6, 6.07) is 8.80. The predicted molar refractivity (Wildman–Crippen MR) is 73.3 cm³/mol. The minimum Gasteiger partial charge on any atom is -0.381 e. The van der Waals surface area contributed by atoms with E-state index in [1.807, 2.05) is 0 Å². The Labute approximate surface area is 105 Å². The van der Waals surface area contributed by atoms with Crippen LogP contribution < -0.4 is 5.32 Å². The van der Waals surface area contributed by atoms with Crippen molar-refractivity contribution in [1.29, 1.82) is 0 Å². The molecule has 17 heavy (non-hydrogen) atoms. The quantitative estimate of drug-likeness (QED) is 0.787. The van der Waals surface area contributed by atoms with Gasteiger partial charge in [0.1, 0.15) is 0 Å². The summed E-state index contributed by atoms with van der Waals surface area (Å²) in [5, 5.41) is 11.8. The van der Waals surface area contributed by atoms with Crippen LogP contribution in [0.5, 0.6) is 0 Å². The lowest BCUT2D eigenvalue weighted by Crippen LogP contribution is -2.33. The van der Waals surface area contributed by atoms with Crippen LogP contribution in [0.15, 0.2) is 24.3 Å². The van der Waals surface area contributed by atoms with Crippen molar-refractivity contribution in [1.82, 2.24) is 5.32 Å². The van der Waals surface area contributed by atoms with Gasteiger partial charge in [-0.05, 0) is 16.5 Å². The van der Waals surface area contributed by atoms with Gasteiger partial charge in [0.15, 0.2) is 0 Å². The molecule has 2 nitrogen and oxygen atoms in total. The zero-order valence-electron chi connectivity index (χ0n) is 11.7. The van der Waals surface area contributed by atoms with Gasteiger partial charge in [0, 0.05) is 12.0 Å². The molecule has 0 unspecified atom stereocenters. The SMILES string of the molecule is CC(C)(C)c1ccc(C(C)(C)CNCO)cc1. The van der Waals surface area contributed by atoms with Crippen molar-refractivity contribution in [2.45, 2.75) is 45.4 Å². The van der Waals surface area contributed by atoms with Crippen molar-refractivity contribution in [3.63, 3.8) is 0 Å². The average molecular weight is 235 g/mol. The smallest absolute Gasteiger partial charge is 0.0931 e. The topological polar surface area (TPSA) is 32.3 Å². The van der Waals surface area contributed by atoms with Crippen LogP contribution in [0.25, 0.3) is 0 Å². The fourth-order valence-corrected chi connectivity index (χ4v) is 1.89. The summed E-state index contributed by atoms with van der Waals surface area (Å²) in [4.78, 5) is 0. The first kappa shape index (κ1) is 14.2. The molecule has 1 aromatic carbocycles. The van der Waals surface area contributed by atoms with Crippen LogP contribution in [-0.4, -0.2) is 18.4 Å². The van der Waals surface area contributed by atoms with E-state index in [0.717, 1.165) is 6.54 Å². The number of hydrogen-bond acceptors (Lipinski definition) is 2. The van der Waals surface area contributed by atoms with Gasteiger partial charge < -0.3 is 5.11 Å². The van der Waals surface area contributed by atoms with E-state index in [0.29, 0.717) is 0 Å². The van der Waals surface area contributed by atoms with Crippen LogP contribution in [-0.2, 0) is 10.8 Å². The number of aliphatic hydroxyl groups excluding tert-OH is 1. The number of benzene rings is 1. The molecule has 2 heteroatoms. The first-order valence-electron chi connectivity index (χ1n) is 6.20. The lowest BCUT2D eigenvalue weighted by atomic mass is 9.81. The van der Waals surface area contributed by atoms with E-state index >= 15 is 0 Å². The van der Waals surface area contributed by atoms with Crippen LogP contribution in [0.2, 0.25) is 0 Å². The Kier molecular flexibility index (Phi) is 4.34. The van der Waals surface area contributed by atoms with Crippen molar-refractivity contribution >= 4 is 0 Å². The van der Waals surface area contributed by atoms with Crippen LogP contribution >= 0.6 is 0 Å². The van der Waals surface area contributed by atoms with E-state index in [-0.39, 0.29) is 17.6 Å². The number of aliphatic hydroxyl groups is 1. The molecule has 96 valence electrons. The van der Waals surface area contributed by atoms with Crippen molar-refractivity contribution in [3.8, 4) is 0 Å². The molecule has 0 spiro atoms. The summed E-state index contributed by atoms with van der Waals surface area (Å²) in [5.41, 5.74) is 2.89. The molecule has 1 aromatic rings.